The van der Waals surface area contributed by atoms with E-state index in [1.165, 1.54) is 17.0 Å². The van der Waals surface area contributed by atoms with Gasteiger partial charge in [0.1, 0.15) is 11.5 Å². The van der Waals surface area contributed by atoms with Crippen LogP contribution in [0.2, 0.25) is 10.0 Å². The van der Waals surface area contributed by atoms with Crippen molar-refractivity contribution in [2.75, 3.05) is 4.90 Å². The maximum Gasteiger partial charge on any atom is 0.300 e. The molecular formula is C24H17Cl2NO4. The molecule has 5 nitrogen and oxygen atoms in total. The van der Waals surface area contributed by atoms with E-state index in [-0.39, 0.29) is 22.1 Å². The molecule has 0 radical (unpaired) electrons. The lowest BCUT2D eigenvalue weighted by molar-refractivity contribution is -0.132. The summed E-state index contributed by atoms with van der Waals surface area (Å²) in [6.45, 7) is 1.90. The van der Waals surface area contributed by atoms with Crippen LogP contribution in [0.4, 0.5) is 5.69 Å². The molecule has 2 N–H and O–H groups in total. The van der Waals surface area contributed by atoms with Gasteiger partial charge in [-0.25, -0.2) is 0 Å². The molecule has 7 heteroatoms. The zero-order valence-corrected chi connectivity index (χ0v) is 17.9. The minimum atomic E-state index is -0.944. The van der Waals surface area contributed by atoms with Crippen molar-refractivity contribution in [1.29, 1.82) is 0 Å². The summed E-state index contributed by atoms with van der Waals surface area (Å²) in [5.41, 5.74) is 2.23. The Morgan fingerprint density at radius 2 is 1.58 bits per heavy atom. The Morgan fingerprint density at radius 3 is 2.19 bits per heavy atom. The monoisotopic (exact) mass is 453 g/mol. The summed E-state index contributed by atoms with van der Waals surface area (Å²) < 4.78 is 0. The fourth-order valence-electron chi connectivity index (χ4n) is 3.58. The number of aromatic hydroxyl groups is 1. The highest BCUT2D eigenvalue weighted by molar-refractivity contribution is 6.51. The van der Waals surface area contributed by atoms with Crippen molar-refractivity contribution in [3.63, 3.8) is 0 Å². The number of rotatable bonds is 3. The van der Waals surface area contributed by atoms with Gasteiger partial charge in [-0.15, -0.1) is 0 Å². The summed E-state index contributed by atoms with van der Waals surface area (Å²) in [7, 11) is 0. The van der Waals surface area contributed by atoms with Gasteiger partial charge in [0.25, 0.3) is 11.7 Å². The number of Topliss-reactive ketones (excluding diaryl/α,β-unsaturated/α-hetero) is 1. The van der Waals surface area contributed by atoms with Crippen LogP contribution in [-0.4, -0.2) is 21.9 Å². The van der Waals surface area contributed by atoms with Gasteiger partial charge in [-0.3, -0.25) is 14.5 Å². The number of benzene rings is 3. The van der Waals surface area contributed by atoms with E-state index < -0.39 is 17.7 Å². The molecule has 0 spiro atoms. The minimum Gasteiger partial charge on any atom is -0.507 e. The third kappa shape index (κ3) is 3.78. The van der Waals surface area contributed by atoms with Crippen molar-refractivity contribution in [3.05, 3.63) is 99.0 Å². The number of anilines is 1. The Kier molecular flexibility index (Phi) is 5.48. The normalized spacial score (nSPS) is 17.9. The first-order valence-corrected chi connectivity index (χ1v) is 10.2. The standard InChI is InChI=1S/C24H17Cl2NO4/c1-13-2-4-14(5-3-13)22(29)20-21(15-6-11-19(28)18(26)12-15)27(24(31)23(20)30)17-9-7-16(25)8-10-17/h2-12,21,28-29H,1H3/b22-20-. The summed E-state index contributed by atoms with van der Waals surface area (Å²) in [5, 5.41) is 21.4. The lowest BCUT2D eigenvalue weighted by atomic mass is 9.94. The van der Waals surface area contributed by atoms with Crippen LogP contribution in [0.3, 0.4) is 0 Å². The van der Waals surface area contributed by atoms with Gasteiger partial charge in [-0.1, -0.05) is 59.1 Å². The average Bonchev–Trinajstić information content (AvgIpc) is 3.01. The van der Waals surface area contributed by atoms with Crippen LogP contribution < -0.4 is 4.90 Å². The smallest absolute Gasteiger partial charge is 0.300 e. The number of aliphatic hydroxyl groups excluding tert-OH is 1. The van der Waals surface area contributed by atoms with E-state index in [4.69, 9.17) is 23.2 Å². The zero-order valence-electron chi connectivity index (χ0n) is 16.3. The van der Waals surface area contributed by atoms with E-state index in [1.807, 2.05) is 6.92 Å². The average molecular weight is 454 g/mol. The quantitative estimate of drug-likeness (QED) is 0.305. The molecular weight excluding hydrogens is 437 g/mol. The number of hydrogen-bond acceptors (Lipinski definition) is 4. The number of carbonyl (C=O) groups excluding carboxylic acids is 2. The van der Waals surface area contributed by atoms with Crippen molar-refractivity contribution in [2.24, 2.45) is 0 Å². The number of ketones is 1. The molecule has 0 aromatic heterocycles. The SMILES string of the molecule is Cc1ccc(/C(O)=C2/C(=O)C(=O)N(c3ccc(Cl)cc3)C2c2ccc(O)c(Cl)c2)cc1. The second-order valence-corrected chi connectivity index (χ2v) is 8.07. The second kappa shape index (κ2) is 8.10. The molecule has 31 heavy (non-hydrogen) atoms. The van der Waals surface area contributed by atoms with Crippen molar-refractivity contribution in [2.45, 2.75) is 13.0 Å². The molecule has 1 amide bonds. The Bertz CT molecular complexity index is 1220. The molecule has 0 saturated carbocycles. The van der Waals surface area contributed by atoms with Crippen LogP contribution in [0.5, 0.6) is 5.75 Å². The summed E-state index contributed by atoms with van der Waals surface area (Å²) in [5.74, 6) is -2.02. The van der Waals surface area contributed by atoms with E-state index in [0.29, 0.717) is 21.8 Å². The number of aliphatic hydroxyl groups is 1. The van der Waals surface area contributed by atoms with Crippen molar-refractivity contribution >= 4 is 46.3 Å². The van der Waals surface area contributed by atoms with Crippen LogP contribution in [0.1, 0.15) is 22.7 Å². The van der Waals surface area contributed by atoms with Crippen LogP contribution in [-0.2, 0) is 9.59 Å². The van der Waals surface area contributed by atoms with E-state index in [9.17, 15) is 19.8 Å². The van der Waals surface area contributed by atoms with Gasteiger partial charge >= 0.3 is 0 Å². The van der Waals surface area contributed by atoms with Gasteiger partial charge in [-0.2, -0.15) is 0 Å². The highest BCUT2D eigenvalue weighted by Gasteiger charge is 2.47. The van der Waals surface area contributed by atoms with Gasteiger partial charge in [0.05, 0.1) is 16.6 Å². The molecule has 1 heterocycles. The van der Waals surface area contributed by atoms with Crippen molar-refractivity contribution in [3.8, 4) is 5.75 Å². The zero-order chi connectivity index (χ0) is 22.3. The molecule has 1 unspecified atom stereocenters. The Morgan fingerprint density at radius 1 is 0.935 bits per heavy atom. The fourth-order valence-corrected chi connectivity index (χ4v) is 3.89. The van der Waals surface area contributed by atoms with Gasteiger partial charge in [0.2, 0.25) is 0 Å². The summed E-state index contributed by atoms with van der Waals surface area (Å²) in [6, 6.07) is 16.9. The molecule has 156 valence electrons. The Balaban J connectivity index is 1.95. The van der Waals surface area contributed by atoms with E-state index in [1.54, 1.807) is 54.6 Å². The third-order valence-electron chi connectivity index (χ3n) is 5.16. The predicted molar refractivity (Wildman–Crippen MR) is 121 cm³/mol. The van der Waals surface area contributed by atoms with E-state index in [2.05, 4.69) is 0 Å². The molecule has 3 aromatic rings. The van der Waals surface area contributed by atoms with Crippen molar-refractivity contribution < 1.29 is 19.8 Å². The summed E-state index contributed by atoms with van der Waals surface area (Å²) in [4.78, 5) is 27.4. The first kappa shape index (κ1) is 21.0. The molecule has 0 aliphatic carbocycles. The van der Waals surface area contributed by atoms with Gasteiger partial charge < -0.3 is 10.2 Å². The van der Waals surface area contributed by atoms with E-state index in [0.717, 1.165) is 5.56 Å². The van der Waals surface area contributed by atoms with Crippen LogP contribution in [0, 0.1) is 6.92 Å². The molecule has 1 aliphatic heterocycles. The molecule has 0 bridgehead atoms. The van der Waals surface area contributed by atoms with Gasteiger partial charge in [0, 0.05) is 16.3 Å². The number of amides is 1. The van der Waals surface area contributed by atoms with Gasteiger partial charge in [0.15, 0.2) is 0 Å². The van der Waals surface area contributed by atoms with Crippen molar-refractivity contribution in [1.82, 2.24) is 0 Å². The number of aryl methyl sites for hydroxylation is 1. The molecule has 1 fully saturated rings. The van der Waals surface area contributed by atoms with Crippen LogP contribution >= 0.6 is 23.2 Å². The molecule has 1 saturated heterocycles. The van der Waals surface area contributed by atoms with Crippen LogP contribution in [0.25, 0.3) is 5.76 Å². The number of halogens is 2. The van der Waals surface area contributed by atoms with Crippen LogP contribution in [0.15, 0.2) is 72.3 Å². The lowest BCUT2D eigenvalue weighted by Crippen LogP contribution is -2.29. The topological polar surface area (TPSA) is 77.8 Å². The first-order valence-electron chi connectivity index (χ1n) is 9.40. The Labute approximate surface area is 188 Å². The summed E-state index contributed by atoms with van der Waals surface area (Å²) >= 11 is 12.1. The molecule has 1 atom stereocenters. The minimum absolute atomic E-state index is 0.0643. The predicted octanol–water partition coefficient (Wildman–Crippen LogP) is 5.63. The highest BCUT2D eigenvalue weighted by Crippen LogP contribution is 2.43. The first-order chi connectivity index (χ1) is 14.8. The Hall–Kier alpha value is -3.28. The maximum absolute atomic E-state index is 13.1. The number of hydrogen-bond donors (Lipinski definition) is 2. The number of phenols is 1. The van der Waals surface area contributed by atoms with E-state index >= 15 is 0 Å². The maximum atomic E-state index is 13.1. The number of phenolic OH excluding ortho intramolecular Hbond substituents is 1. The number of nitrogens with zero attached hydrogens (tertiary/aromatic N) is 1. The second-order valence-electron chi connectivity index (χ2n) is 7.22. The lowest BCUT2D eigenvalue weighted by Gasteiger charge is -2.25. The molecule has 4 rings (SSSR count). The summed E-state index contributed by atoms with van der Waals surface area (Å²) in [6.07, 6.45) is 0. The molecule has 1 aliphatic rings. The fraction of sp³-hybridized carbons (Fsp3) is 0.0833. The molecule has 3 aromatic carbocycles. The highest BCUT2D eigenvalue weighted by atomic mass is 35.5. The number of carbonyl (C=O) groups is 2. The largest absolute Gasteiger partial charge is 0.507 e. The third-order valence-corrected chi connectivity index (χ3v) is 5.72. The van der Waals surface area contributed by atoms with Gasteiger partial charge in [-0.05, 0) is 48.9 Å².